The SMILES string of the molecule is O=C(O)[C@H]1CCCN(N(C(=O)c2cc(-c3ccc(F)cc3F)on2)C2CCC2)C1. The molecule has 0 bridgehead atoms. The fourth-order valence-electron chi connectivity index (χ4n) is 3.82. The minimum atomic E-state index is -0.869. The van der Waals surface area contributed by atoms with Gasteiger partial charge in [-0.3, -0.25) is 14.6 Å². The van der Waals surface area contributed by atoms with Crippen molar-refractivity contribution < 1.29 is 28.0 Å². The topological polar surface area (TPSA) is 86.9 Å². The van der Waals surface area contributed by atoms with Crippen molar-refractivity contribution >= 4 is 11.9 Å². The number of hydrogen-bond acceptors (Lipinski definition) is 5. The van der Waals surface area contributed by atoms with Crippen molar-refractivity contribution in [2.45, 2.75) is 38.1 Å². The molecule has 1 N–H and O–H groups in total. The number of carbonyl (C=O) groups is 2. The number of carbonyl (C=O) groups excluding carboxylic acids is 1. The second kappa shape index (κ2) is 7.90. The maximum Gasteiger partial charge on any atom is 0.307 e. The average Bonchev–Trinajstić information content (AvgIpc) is 3.14. The van der Waals surface area contributed by atoms with Crippen molar-refractivity contribution in [2.75, 3.05) is 13.1 Å². The number of carboxylic acids is 1. The van der Waals surface area contributed by atoms with E-state index in [1.54, 1.807) is 10.0 Å². The van der Waals surface area contributed by atoms with Gasteiger partial charge in [-0.15, -0.1) is 0 Å². The molecule has 29 heavy (non-hydrogen) atoms. The van der Waals surface area contributed by atoms with Crippen molar-refractivity contribution in [1.82, 2.24) is 15.2 Å². The third kappa shape index (κ3) is 3.87. The van der Waals surface area contributed by atoms with E-state index in [9.17, 15) is 23.5 Å². The van der Waals surface area contributed by atoms with Gasteiger partial charge in [0.15, 0.2) is 11.5 Å². The Morgan fingerprint density at radius 3 is 2.62 bits per heavy atom. The Hall–Kier alpha value is -2.81. The van der Waals surface area contributed by atoms with Gasteiger partial charge >= 0.3 is 5.97 Å². The van der Waals surface area contributed by atoms with Crippen LogP contribution in [-0.2, 0) is 4.79 Å². The number of hydrogen-bond donors (Lipinski definition) is 1. The number of halogens is 2. The summed E-state index contributed by atoms with van der Waals surface area (Å²) in [7, 11) is 0. The fraction of sp³-hybridized carbons (Fsp3) is 0.450. The summed E-state index contributed by atoms with van der Waals surface area (Å²) in [6, 6.07) is 4.38. The standard InChI is InChI=1S/C20H21F2N3O4/c21-13-6-7-15(16(22)9-13)18-10-17(23-29-18)19(26)25(14-4-1-5-14)24-8-2-3-12(11-24)20(27)28/h6-7,9-10,12,14H,1-5,8,11H2,(H,27,28)/t12-/m0/s1. The van der Waals surface area contributed by atoms with Gasteiger partial charge < -0.3 is 9.63 Å². The number of carboxylic acid groups (broad SMARTS) is 1. The summed E-state index contributed by atoms with van der Waals surface area (Å²) in [5.74, 6) is -3.29. The first kappa shape index (κ1) is 19.5. The molecule has 9 heteroatoms. The zero-order valence-electron chi connectivity index (χ0n) is 15.7. The minimum Gasteiger partial charge on any atom is -0.481 e. The predicted molar refractivity (Wildman–Crippen MR) is 97.6 cm³/mol. The molecule has 1 amide bonds. The molecule has 1 aliphatic heterocycles. The van der Waals surface area contributed by atoms with E-state index in [-0.39, 0.29) is 29.6 Å². The molecule has 1 aromatic heterocycles. The lowest BCUT2D eigenvalue weighted by atomic mass is 9.91. The lowest BCUT2D eigenvalue weighted by molar-refractivity contribution is -0.148. The molecule has 1 saturated heterocycles. The molecule has 0 spiro atoms. The van der Waals surface area contributed by atoms with E-state index < -0.39 is 29.4 Å². The Balaban J connectivity index is 1.58. The summed E-state index contributed by atoms with van der Waals surface area (Å²) < 4.78 is 32.3. The van der Waals surface area contributed by atoms with Crippen LogP contribution in [0.15, 0.2) is 28.8 Å². The summed E-state index contributed by atoms with van der Waals surface area (Å²) >= 11 is 0. The largest absolute Gasteiger partial charge is 0.481 e. The van der Waals surface area contributed by atoms with Crippen LogP contribution in [0.4, 0.5) is 8.78 Å². The van der Waals surface area contributed by atoms with Gasteiger partial charge in [-0.2, -0.15) is 0 Å². The molecule has 2 fully saturated rings. The number of aliphatic carboxylic acids is 1. The van der Waals surface area contributed by atoms with Crippen LogP contribution in [-0.4, -0.2) is 51.3 Å². The predicted octanol–water partition coefficient (Wildman–Crippen LogP) is 3.33. The molecule has 0 radical (unpaired) electrons. The van der Waals surface area contributed by atoms with Crippen molar-refractivity contribution in [2.24, 2.45) is 5.92 Å². The van der Waals surface area contributed by atoms with Gasteiger partial charge in [0.25, 0.3) is 5.91 Å². The van der Waals surface area contributed by atoms with Gasteiger partial charge in [0, 0.05) is 31.3 Å². The first-order valence-corrected chi connectivity index (χ1v) is 9.67. The number of nitrogens with zero attached hydrogens (tertiary/aromatic N) is 3. The van der Waals surface area contributed by atoms with E-state index in [1.165, 1.54) is 12.1 Å². The molecular formula is C20H21F2N3O4. The van der Waals surface area contributed by atoms with Crippen LogP contribution in [0.2, 0.25) is 0 Å². The van der Waals surface area contributed by atoms with Crippen LogP contribution in [0.25, 0.3) is 11.3 Å². The third-order valence-electron chi connectivity index (χ3n) is 5.61. The monoisotopic (exact) mass is 405 g/mol. The van der Waals surface area contributed by atoms with Gasteiger partial charge in [-0.25, -0.2) is 13.8 Å². The highest BCUT2D eigenvalue weighted by atomic mass is 19.1. The van der Waals surface area contributed by atoms with Crippen molar-refractivity contribution in [3.05, 3.63) is 41.6 Å². The molecule has 2 aromatic rings. The molecule has 1 aliphatic carbocycles. The minimum absolute atomic E-state index is 0.00748. The molecule has 1 atom stereocenters. The van der Waals surface area contributed by atoms with Crippen LogP contribution in [0.5, 0.6) is 0 Å². The highest BCUT2D eigenvalue weighted by Crippen LogP contribution is 2.31. The van der Waals surface area contributed by atoms with Crippen LogP contribution in [0.1, 0.15) is 42.6 Å². The molecule has 154 valence electrons. The Labute approximate surface area is 165 Å². The molecular weight excluding hydrogens is 384 g/mol. The molecule has 4 rings (SSSR count). The zero-order valence-corrected chi connectivity index (χ0v) is 15.7. The molecule has 2 aliphatic rings. The van der Waals surface area contributed by atoms with Crippen LogP contribution in [0, 0.1) is 17.6 Å². The van der Waals surface area contributed by atoms with Gasteiger partial charge in [-0.1, -0.05) is 5.16 Å². The van der Waals surface area contributed by atoms with E-state index in [0.29, 0.717) is 19.4 Å². The second-order valence-electron chi connectivity index (χ2n) is 7.53. The second-order valence-corrected chi connectivity index (χ2v) is 7.53. The third-order valence-corrected chi connectivity index (χ3v) is 5.61. The molecule has 7 nitrogen and oxygen atoms in total. The maximum atomic E-state index is 14.0. The summed E-state index contributed by atoms with van der Waals surface area (Å²) in [6.07, 6.45) is 3.92. The molecule has 0 unspecified atom stereocenters. The number of hydrazine groups is 1. The number of aromatic nitrogens is 1. The van der Waals surface area contributed by atoms with Crippen molar-refractivity contribution in [1.29, 1.82) is 0 Å². The first-order chi connectivity index (χ1) is 13.9. The van der Waals surface area contributed by atoms with E-state index in [0.717, 1.165) is 31.4 Å². The van der Waals surface area contributed by atoms with E-state index in [1.807, 2.05) is 0 Å². The maximum absolute atomic E-state index is 14.0. The van der Waals surface area contributed by atoms with Gasteiger partial charge in [-0.05, 0) is 44.2 Å². The smallest absolute Gasteiger partial charge is 0.307 e. The lowest BCUT2D eigenvalue weighted by Gasteiger charge is -2.46. The Bertz CT molecular complexity index is 928. The van der Waals surface area contributed by atoms with Crippen LogP contribution >= 0.6 is 0 Å². The number of amides is 1. The number of benzene rings is 1. The van der Waals surface area contributed by atoms with Crippen molar-refractivity contribution in [3.8, 4) is 11.3 Å². The Morgan fingerprint density at radius 2 is 1.97 bits per heavy atom. The molecule has 1 aromatic carbocycles. The summed E-state index contributed by atoms with van der Waals surface area (Å²) in [5.41, 5.74) is 0.0186. The summed E-state index contributed by atoms with van der Waals surface area (Å²) in [6.45, 7) is 0.845. The average molecular weight is 405 g/mol. The molecule has 2 heterocycles. The van der Waals surface area contributed by atoms with Crippen LogP contribution in [0.3, 0.4) is 0 Å². The Kier molecular flexibility index (Phi) is 5.31. The van der Waals surface area contributed by atoms with Crippen LogP contribution < -0.4 is 0 Å². The first-order valence-electron chi connectivity index (χ1n) is 9.67. The Morgan fingerprint density at radius 1 is 1.17 bits per heavy atom. The van der Waals surface area contributed by atoms with E-state index in [4.69, 9.17) is 4.52 Å². The zero-order chi connectivity index (χ0) is 20.5. The van der Waals surface area contributed by atoms with Crippen molar-refractivity contribution in [3.63, 3.8) is 0 Å². The van der Waals surface area contributed by atoms with Gasteiger partial charge in [0.1, 0.15) is 11.6 Å². The van der Waals surface area contributed by atoms with E-state index in [2.05, 4.69) is 5.16 Å². The fourth-order valence-corrected chi connectivity index (χ4v) is 3.82. The highest BCUT2D eigenvalue weighted by Gasteiger charge is 2.38. The van der Waals surface area contributed by atoms with Gasteiger partial charge in [0.2, 0.25) is 0 Å². The summed E-state index contributed by atoms with van der Waals surface area (Å²) in [4.78, 5) is 24.6. The quantitative estimate of drug-likeness (QED) is 0.821. The van der Waals surface area contributed by atoms with Gasteiger partial charge in [0.05, 0.1) is 11.5 Å². The van der Waals surface area contributed by atoms with E-state index >= 15 is 0 Å². The number of piperidine rings is 1. The number of rotatable bonds is 5. The molecule has 1 saturated carbocycles. The lowest BCUT2D eigenvalue weighted by Crippen LogP contribution is -2.57. The normalized spacial score (nSPS) is 20.3. The summed E-state index contributed by atoms with van der Waals surface area (Å²) in [5, 5.41) is 16.5. The highest BCUT2D eigenvalue weighted by molar-refractivity contribution is 5.93.